The summed E-state index contributed by atoms with van der Waals surface area (Å²) in [5, 5.41) is 0. The van der Waals surface area contributed by atoms with Crippen molar-refractivity contribution in [2.45, 2.75) is 0 Å². The van der Waals surface area contributed by atoms with Gasteiger partial charge >= 0.3 is 0 Å². The fraction of sp³-hybridized carbons (Fsp3) is 0.125. The van der Waals surface area contributed by atoms with E-state index in [4.69, 9.17) is 4.74 Å². The van der Waals surface area contributed by atoms with Crippen LogP contribution in [0.2, 0.25) is 0 Å². The van der Waals surface area contributed by atoms with Crippen molar-refractivity contribution < 1.29 is 9.53 Å². The number of fused-ring (bicyclic) bond motifs is 2. The Hall–Kier alpha value is -2.62. The van der Waals surface area contributed by atoms with Crippen LogP contribution < -0.4 is 4.74 Å². The Labute approximate surface area is 117 Å². The second kappa shape index (κ2) is 4.81. The van der Waals surface area contributed by atoms with Gasteiger partial charge in [-0.15, -0.1) is 0 Å². The highest BCUT2D eigenvalue weighted by molar-refractivity contribution is 5.99. The zero-order valence-electron chi connectivity index (χ0n) is 11.3. The Morgan fingerprint density at radius 3 is 2.80 bits per heavy atom. The van der Waals surface area contributed by atoms with Gasteiger partial charge in [0, 0.05) is 31.4 Å². The molecule has 20 heavy (non-hydrogen) atoms. The number of aromatic nitrogens is 1. The largest absolute Gasteiger partial charge is 0.438 e. The maximum atomic E-state index is 12.2. The van der Waals surface area contributed by atoms with Gasteiger partial charge < -0.3 is 9.64 Å². The molecular formula is C16H14N2O2. The van der Waals surface area contributed by atoms with Gasteiger partial charge in [0.25, 0.3) is 5.91 Å². The van der Waals surface area contributed by atoms with E-state index in [9.17, 15) is 4.79 Å². The van der Waals surface area contributed by atoms with Gasteiger partial charge in [0.2, 0.25) is 5.88 Å². The van der Waals surface area contributed by atoms with Crippen LogP contribution in [0.4, 0.5) is 0 Å². The smallest absolute Gasteiger partial charge is 0.254 e. The summed E-state index contributed by atoms with van der Waals surface area (Å²) in [6.07, 6.45) is 5.51. The molecule has 4 nitrogen and oxygen atoms in total. The lowest BCUT2D eigenvalue weighted by Gasteiger charge is -2.14. The van der Waals surface area contributed by atoms with Gasteiger partial charge in [-0.05, 0) is 36.4 Å². The second-order valence-corrected chi connectivity index (χ2v) is 4.75. The molecule has 2 aromatic rings. The van der Waals surface area contributed by atoms with E-state index in [0.717, 1.165) is 11.1 Å². The molecule has 0 saturated carbocycles. The van der Waals surface area contributed by atoms with Gasteiger partial charge in [0.1, 0.15) is 5.75 Å². The summed E-state index contributed by atoms with van der Waals surface area (Å²) >= 11 is 0. The highest BCUT2D eigenvalue weighted by Gasteiger charge is 2.18. The monoisotopic (exact) mass is 266 g/mol. The van der Waals surface area contributed by atoms with Crippen molar-refractivity contribution in [3.05, 3.63) is 53.2 Å². The lowest BCUT2D eigenvalue weighted by atomic mass is 10.0. The Balaban J connectivity index is 2.14. The second-order valence-electron chi connectivity index (χ2n) is 4.75. The summed E-state index contributed by atoms with van der Waals surface area (Å²) in [6, 6.07) is 9.25. The van der Waals surface area contributed by atoms with E-state index in [1.165, 1.54) is 0 Å². The molecule has 100 valence electrons. The van der Waals surface area contributed by atoms with Crippen molar-refractivity contribution in [1.29, 1.82) is 0 Å². The lowest BCUT2D eigenvalue weighted by Crippen LogP contribution is -2.22. The number of pyridine rings is 1. The van der Waals surface area contributed by atoms with Crippen LogP contribution >= 0.6 is 0 Å². The zero-order valence-corrected chi connectivity index (χ0v) is 11.3. The predicted octanol–water partition coefficient (Wildman–Crippen LogP) is 3.06. The first kappa shape index (κ1) is 12.4. The van der Waals surface area contributed by atoms with E-state index in [1.54, 1.807) is 31.3 Å². The number of rotatable bonds is 1. The van der Waals surface area contributed by atoms with E-state index in [1.807, 2.05) is 36.4 Å². The highest BCUT2D eigenvalue weighted by atomic mass is 16.5. The van der Waals surface area contributed by atoms with Crippen molar-refractivity contribution in [3.63, 3.8) is 0 Å². The summed E-state index contributed by atoms with van der Waals surface area (Å²) in [7, 11) is 3.47. The molecule has 1 aliphatic heterocycles. The minimum Gasteiger partial charge on any atom is -0.438 e. The Morgan fingerprint density at radius 2 is 2.00 bits per heavy atom. The molecule has 1 aromatic carbocycles. The molecule has 0 N–H and O–H groups in total. The molecule has 0 unspecified atom stereocenters. The highest BCUT2D eigenvalue weighted by Crippen LogP contribution is 2.34. The van der Waals surface area contributed by atoms with Crippen LogP contribution in [0.3, 0.4) is 0 Å². The minimum atomic E-state index is -0.0472. The van der Waals surface area contributed by atoms with Crippen LogP contribution in [0, 0.1) is 0 Å². The molecule has 0 radical (unpaired) electrons. The van der Waals surface area contributed by atoms with Crippen LogP contribution in [0.25, 0.3) is 12.2 Å². The van der Waals surface area contributed by atoms with Crippen LogP contribution in [0.5, 0.6) is 11.6 Å². The molecule has 0 spiro atoms. The molecule has 0 atom stereocenters. The van der Waals surface area contributed by atoms with E-state index >= 15 is 0 Å². The van der Waals surface area contributed by atoms with Crippen LogP contribution in [0.1, 0.15) is 21.5 Å². The molecule has 0 fully saturated rings. The van der Waals surface area contributed by atoms with E-state index in [0.29, 0.717) is 17.2 Å². The number of carbonyl (C=O) groups is 1. The summed E-state index contributed by atoms with van der Waals surface area (Å²) in [6.45, 7) is 0. The van der Waals surface area contributed by atoms with E-state index in [-0.39, 0.29) is 5.91 Å². The fourth-order valence-electron chi connectivity index (χ4n) is 2.12. The van der Waals surface area contributed by atoms with Gasteiger partial charge in [-0.25, -0.2) is 4.98 Å². The molecule has 0 aliphatic carbocycles. The van der Waals surface area contributed by atoms with Gasteiger partial charge in [-0.2, -0.15) is 0 Å². The van der Waals surface area contributed by atoms with E-state index in [2.05, 4.69) is 4.98 Å². The molecule has 1 aromatic heterocycles. The molecule has 2 heterocycles. The molecule has 0 saturated heterocycles. The maximum absolute atomic E-state index is 12.2. The Bertz CT molecular complexity index is 705. The van der Waals surface area contributed by atoms with Crippen LogP contribution in [-0.4, -0.2) is 29.9 Å². The number of benzene rings is 1. The number of hydrogen-bond donors (Lipinski definition) is 0. The topological polar surface area (TPSA) is 42.4 Å². The van der Waals surface area contributed by atoms with Gasteiger partial charge in [0.15, 0.2) is 0 Å². The number of amides is 1. The molecule has 3 rings (SSSR count). The molecular weight excluding hydrogens is 252 g/mol. The van der Waals surface area contributed by atoms with Crippen molar-refractivity contribution in [2.75, 3.05) is 14.1 Å². The quantitative estimate of drug-likeness (QED) is 0.680. The maximum Gasteiger partial charge on any atom is 0.254 e. The third kappa shape index (κ3) is 2.05. The summed E-state index contributed by atoms with van der Waals surface area (Å²) in [5.41, 5.74) is 2.30. The normalized spacial score (nSPS) is 11.9. The fourth-order valence-corrected chi connectivity index (χ4v) is 2.12. The SMILES string of the molecule is CN(C)C(=O)c1cccc2c1C=Cc1cccnc1O2. The molecule has 1 aliphatic rings. The zero-order chi connectivity index (χ0) is 14.1. The number of hydrogen-bond acceptors (Lipinski definition) is 3. The first-order chi connectivity index (χ1) is 9.66. The Morgan fingerprint density at radius 1 is 1.15 bits per heavy atom. The lowest BCUT2D eigenvalue weighted by molar-refractivity contribution is 0.0827. The number of ether oxygens (including phenoxy) is 1. The van der Waals surface area contributed by atoms with Crippen LogP contribution in [-0.2, 0) is 0 Å². The van der Waals surface area contributed by atoms with E-state index < -0.39 is 0 Å². The van der Waals surface area contributed by atoms with Gasteiger partial charge in [0.05, 0.1) is 5.56 Å². The minimum absolute atomic E-state index is 0.0472. The third-order valence-electron chi connectivity index (χ3n) is 3.14. The first-order valence-electron chi connectivity index (χ1n) is 6.32. The van der Waals surface area contributed by atoms with Crippen molar-refractivity contribution in [1.82, 2.24) is 9.88 Å². The molecule has 0 bridgehead atoms. The average Bonchev–Trinajstić information content (AvgIpc) is 2.65. The summed E-state index contributed by atoms with van der Waals surface area (Å²) < 4.78 is 5.83. The number of carbonyl (C=O) groups excluding carboxylic acids is 1. The third-order valence-corrected chi connectivity index (χ3v) is 3.14. The van der Waals surface area contributed by atoms with Crippen molar-refractivity contribution in [3.8, 4) is 11.6 Å². The molecule has 4 heteroatoms. The van der Waals surface area contributed by atoms with Crippen molar-refractivity contribution >= 4 is 18.1 Å². The standard InChI is InChI=1S/C16H14N2O2/c1-18(2)16(19)13-6-3-7-14-12(13)9-8-11-5-4-10-17-15(11)20-14/h3-10H,1-2H3. The van der Waals surface area contributed by atoms with Crippen LogP contribution in [0.15, 0.2) is 36.5 Å². The molecule has 1 amide bonds. The van der Waals surface area contributed by atoms with Crippen molar-refractivity contribution in [2.24, 2.45) is 0 Å². The average molecular weight is 266 g/mol. The Kier molecular flexibility index (Phi) is 2.99. The predicted molar refractivity (Wildman–Crippen MR) is 77.7 cm³/mol. The summed E-state index contributed by atoms with van der Waals surface area (Å²) in [4.78, 5) is 18.0. The van der Waals surface area contributed by atoms with Gasteiger partial charge in [-0.1, -0.05) is 6.07 Å². The first-order valence-corrected chi connectivity index (χ1v) is 6.32. The van der Waals surface area contributed by atoms with Gasteiger partial charge in [-0.3, -0.25) is 4.79 Å². The number of nitrogens with zero attached hydrogens (tertiary/aromatic N) is 2. The summed E-state index contributed by atoms with van der Waals surface area (Å²) in [5.74, 6) is 1.15.